The summed E-state index contributed by atoms with van der Waals surface area (Å²) in [4.78, 5) is 11.3. The second-order valence-electron chi connectivity index (χ2n) is 5.86. The van der Waals surface area contributed by atoms with Gasteiger partial charge in [-0.3, -0.25) is 4.79 Å². The van der Waals surface area contributed by atoms with Crippen LogP contribution in [0.2, 0.25) is 0 Å². The van der Waals surface area contributed by atoms with E-state index in [9.17, 15) is 9.90 Å². The topological polar surface area (TPSA) is 63.3 Å². The molecule has 0 bridgehead atoms. The Morgan fingerprint density at radius 2 is 1.25 bits per heavy atom. The maximum atomic E-state index is 11.3. The molecule has 1 unspecified atom stereocenters. The van der Waals surface area contributed by atoms with Crippen LogP contribution in [0.4, 0.5) is 0 Å². The van der Waals surface area contributed by atoms with Crippen LogP contribution in [0.25, 0.3) is 0 Å². The van der Waals surface area contributed by atoms with Crippen LogP contribution >= 0.6 is 0 Å². The molecule has 0 saturated carbocycles. The standard InChI is InChI=1S/C17H35NO2/c1-2-3-4-5-6-7-8-9-10-11-12-13-14-16(19)17(20)15-18/h17,20H,2-15,18H2,1H3. The first-order valence-electron chi connectivity index (χ1n) is 8.63. The summed E-state index contributed by atoms with van der Waals surface area (Å²) in [5.74, 6) is -0.0976. The van der Waals surface area contributed by atoms with Crippen molar-refractivity contribution in [3.63, 3.8) is 0 Å². The van der Waals surface area contributed by atoms with E-state index in [1.807, 2.05) is 0 Å². The van der Waals surface area contributed by atoms with E-state index < -0.39 is 6.10 Å². The Balaban J connectivity index is 3.11. The van der Waals surface area contributed by atoms with Gasteiger partial charge in [0.15, 0.2) is 5.78 Å². The van der Waals surface area contributed by atoms with Crippen molar-refractivity contribution in [2.24, 2.45) is 5.73 Å². The van der Waals surface area contributed by atoms with Crippen LogP contribution in [-0.4, -0.2) is 23.5 Å². The second kappa shape index (κ2) is 15.0. The predicted octanol–water partition coefficient (Wildman–Crippen LogP) is 3.97. The highest BCUT2D eigenvalue weighted by Gasteiger charge is 2.11. The smallest absolute Gasteiger partial charge is 0.162 e. The van der Waals surface area contributed by atoms with Crippen LogP contribution < -0.4 is 5.73 Å². The van der Waals surface area contributed by atoms with Crippen molar-refractivity contribution in [3.05, 3.63) is 0 Å². The molecule has 3 heteroatoms. The minimum Gasteiger partial charge on any atom is -0.384 e. The number of rotatable bonds is 15. The summed E-state index contributed by atoms with van der Waals surface area (Å²) >= 11 is 0. The van der Waals surface area contributed by atoms with Crippen LogP contribution in [0, 0.1) is 0 Å². The van der Waals surface area contributed by atoms with Crippen LogP contribution in [0.3, 0.4) is 0 Å². The average molecular weight is 285 g/mol. The number of nitrogens with two attached hydrogens (primary N) is 1. The van der Waals surface area contributed by atoms with E-state index in [4.69, 9.17) is 5.73 Å². The zero-order valence-corrected chi connectivity index (χ0v) is 13.4. The highest BCUT2D eigenvalue weighted by molar-refractivity contribution is 5.82. The van der Waals surface area contributed by atoms with Gasteiger partial charge in [-0.05, 0) is 6.42 Å². The normalized spacial score (nSPS) is 12.6. The fourth-order valence-corrected chi connectivity index (χ4v) is 2.44. The monoisotopic (exact) mass is 285 g/mol. The SMILES string of the molecule is CCCCCCCCCCCCCCC(=O)C(O)CN. The molecule has 0 aliphatic rings. The Bertz CT molecular complexity index is 219. The number of ketones is 1. The van der Waals surface area contributed by atoms with Crippen molar-refractivity contribution in [2.45, 2.75) is 96.5 Å². The van der Waals surface area contributed by atoms with Crippen molar-refractivity contribution < 1.29 is 9.90 Å². The van der Waals surface area contributed by atoms with Crippen molar-refractivity contribution in [1.29, 1.82) is 0 Å². The summed E-state index contributed by atoms with van der Waals surface area (Å²) in [5, 5.41) is 9.23. The Kier molecular flexibility index (Phi) is 14.7. The number of aliphatic hydroxyl groups excluding tert-OH is 1. The summed E-state index contributed by atoms with van der Waals surface area (Å²) in [7, 11) is 0. The largest absolute Gasteiger partial charge is 0.384 e. The highest BCUT2D eigenvalue weighted by Crippen LogP contribution is 2.12. The van der Waals surface area contributed by atoms with E-state index >= 15 is 0 Å². The zero-order valence-electron chi connectivity index (χ0n) is 13.4. The van der Waals surface area contributed by atoms with E-state index in [0.717, 1.165) is 12.8 Å². The van der Waals surface area contributed by atoms with E-state index in [0.29, 0.717) is 6.42 Å². The molecule has 0 fully saturated rings. The molecule has 0 rings (SSSR count). The Morgan fingerprint density at radius 1 is 0.850 bits per heavy atom. The van der Waals surface area contributed by atoms with Crippen LogP contribution in [0.5, 0.6) is 0 Å². The van der Waals surface area contributed by atoms with Gasteiger partial charge in [0.05, 0.1) is 0 Å². The lowest BCUT2D eigenvalue weighted by molar-refractivity contribution is -0.126. The van der Waals surface area contributed by atoms with Crippen LogP contribution in [0.15, 0.2) is 0 Å². The molecule has 120 valence electrons. The first-order valence-corrected chi connectivity index (χ1v) is 8.63. The Labute approximate surface area is 125 Å². The number of aliphatic hydroxyl groups is 1. The van der Waals surface area contributed by atoms with Gasteiger partial charge in [0.25, 0.3) is 0 Å². The van der Waals surface area contributed by atoms with Gasteiger partial charge >= 0.3 is 0 Å². The molecule has 0 aliphatic carbocycles. The van der Waals surface area contributed by atoms with E-state index in [-0.39, 0.29) is 12.3 Å². The molecule has 0 aromatic heterocycles. The van der Waals surface area contributed by atoms with Crippen molar-refractivity contribution >= 4 is 5.78 Å². The van der Waals surface area contributed by atoms with Gasteiger partial charge in [0.1, 0.15) is 6.10 Å². The molecule has 0 aliphatic heterocycles. The molecule has 20 heavy (non-hydrogen) atoms. The maximum Gasteiger partial charge on any atom is 0.162 e. The van der Waals surface area contributed by atoms with E-state index in [1.165, 1.54) is 64.2 Å². The van der Waals surface area contributed by atoms with Gasteiger partial charge in [-0.15, -0.1) is 0 Å². The first kappa shape index (κ1) is 19.6. The number of hydrogen-bond donors (Lipinski definition) is 2. The minimum absolute atomic E-state index is 0.0527. The van der Waals surface area contributed by atoms with Crippen molar-refractivity contribution in [3.8, 4) is 0 Å². The van der Waals surface area contributed by atoms with Gasteiger partial charge in [-0.1, -0.05) is 77.6 Å². The minimum atomic E-state index is -0.942. The maximum absolute atomic E-state index is 11.3. The van der Waals surface area contributed by atoms with Gasteiger partial charge in [0.2, 0.25) is 0 Å². The van der Waals surface area contributed by atoms with Crippen LogP contribution in [0.1, 0.15) is 90.4 Å². The fraction of sp³-hybridized carbons (Fsp3) is 0.941. The molecular weight excluding hydrogens is 250 g/mol. The third-order valence-electron chi connectivity index (χ3n) is 3.87. The molecule has 0 spiro atoms. The molecule has 0 amide bonds. The quantitative estimate of drug-likeness (QED) is 0.448. The molecule has 3 nitrogen and oxygen atoms in total. The lowest BCUT2D eigenvalue weighted by Gasteiger charge is -2.06. The molecule has 3 N–H and O–H groups in total. The summed E-state index contributed by atoms with van der Waals surface area (Å²) in [6.45, 7) is 2.31. The molecule has 0 aromatic carbocycles. The molecule has 1 atom stereocenters. The van der Waals surface area contributed by atoms with E-state index in [1.54, 1.807) is 0 Å². The molecular formula is C17H35NO2. The zero-order chi connectivity index (χ0) is 15.1. The van der Waals surface area contributed by atoms with E-state index in [2.05, 4.69) is 6.92 Å². The second-order valence-corrected chi connectivity index (χ2v) is 5.86. The van der Waals surface area contributed by atoms with Gasteiger partial charge in [0, 0.05) is 13.0 Å². The van der Waals surface area contributed by atoms with Crippen LogP contribution in [-0.2, 0) is 4.79 Å². The lowest BCUT2D eigenvalue weighted by Crippen LogP contribution is -2.28. The van der Waals surface area contributed by atoms with Gasteiger partial charge in [-0.2, -0.15) is 0 Å². The number of Topliss-reactive ketones (excluding diaryl/α,β-unsaturated/α-hetero) is 1. The Hall–Kier alpha value is -0.410. The summed E-state index contributed by atoms with van der Waals surface area (Å²) in [5.41, 5.74) is 5.24. The molecule has 0 aromatic rings. The van der Waals surface area contributed by atoms with Gasteiger partial charge in [-0.25, -0.2) is 0 Å². The third kappa shape index (κ3) is 12.6. The average Bonchev–Trinajstić information content (AvgIpc) is 2.47. The molecule has 0 saturated heterocycles. The number of hydrogen-bond acceptors (Lipinski definition) is 3. The predicted molar refractivity (Wildman–Crippen MR) is 85.8 cm³/mol. The van der Waals surface area contributed by atoms with Crippen molar-refractivity contribution in [1.82, 2.24) is 0 Å². The fourth-order valence-electron chi connectivity index (χ4n) is 2.44. The van der Waals surface area contributed by atoms with Crippen molar-refractivity contribution in [2.75, 3.05) is 6.54 Å². The number of carbonyl (C=O) groups excluding carboxylic acids is 1. The first-order chi connectivity index (χ1) is 9.72. The number of carbonyl (C=O) groups is 1. The van der Waals surface area contributed by atoms with Gasteiger partial charge < -0.3 is 10.8 Å². The highest BCUT2D eigenvalue weighted by atomic mass is 16.3. The third-order valence-corrected chi connectivity index (χ3v) is 3.87. The Morgan fingerprint density at radius 3 is 1.65 bits per heavy atom. The molecule has 0 radical (unpaired) electrons. The lowest BCUT2D eigenvalue weighted by atomic mass is 10.0. The summed E-state index contributed by atoms with van der Waals surface area (Å²) < 4.78 is 0. The summed E-state index contributed by atoms with van der Waals surface area (Å²) in [6.07, 6.45) is 15.0. The number of unbranched alkanes of at least 4 members (excludes halogenated alkanes) is 11. The summed E-state index contributed by atoms with van der Waals surface area (Å²) in [6, 6.07) is 0. The molecule has 0 heterocycles.